The zero-order valence-electron chi connectivity index (χ0n) is 15.0. The van der Waals surface area contributed by atoms with E-state index in [0.717, 1.165) is 37.1 Å². The molecule has 142 valence electrons. The number of aromatic nitrogens is 1. The molecule has 0 saturated carbocycles. The fraction of sp³-hybridized carbons (Fsp3) is 0.474. The number of benzene rings is 1. The molecule has 1 amide bonds. The number of thioether (sulfide) groups is 1. The lowest BCUT2D eigenvalue weighted by Crippen LogP contribution is -2.52. The van der Waals surface area contributed by atoms with Gasteiger partial charge in [0.05, 0.1) is 11.4 Å². The van der Waals surface area contributed by atoms with Crippen molar-refractivity contribution in [1.29, 1.82) is 0 Å². The summed E-state index contributed by atoms with van der Waals surface area (Å²) in [6, 6.07) is 10.0. The Morgan fingerprint density at radius 1 is 1.38 bits per heavy atom. The lowest BCUT2D eigenvalue weighted by molar-refractivity contribution is -0.132. The van der Waals surface area contributed by atoms with E-state index in [1.807, 2.05) is 42.2 Å². The first-order valence-electron chi connectivity index (χ1n) is 8.78. The molecule has 0 bridgehead atoms. The summed E-state index contributed by atoms with van der Waals surface area (Å²) in [6.45, 7) is 2.82. The average molecular weight is 396 g/mol. The maximum atomic E-state index is 12.5. The van der Waals surface area contributed by atoms with Crippen molar-refractivity contribution in [3.63, 3.8) is 0 Å². The Labute approximate surface area is 165 Å². The highest BCUT2D eigenvalue weighted by Crippen LogP contribution is 2.23. The summed E-state index contributed by atoms with van der Waals surface area (Å²) in [5, 5.41) is 0. The van der Waals surface area contributed by atoms with Crippen LogP contribution in [0.1, 0.15) is 31.9 Å². The van der Waals surface area contributed by atoms with Gasteiger partial charge in [-0.2, -0.15) is 0 Å². The van der Waals surface area contributed by atoms with Crippen LogP contribution in [0.2, 0.25) is 0 Å². The zero-order chi connectivity index (χ0) is 17.6. The van der Waals surface area contributed by atoms with E-state index in [1.54, 1.807) is 18.0 Å². The van der Waals surface area contributed by atoms with Crippen LogP contribution in [0.3, 0.4) is 0 Å². The van der Waals surface area contributed by atoms with Gasteiger partial charge in [0.1, 0.15) is 6.26 Å². The molecule has 2 N–H and O–H groups in total. The van der Waals surface area contributed by atoms with Crippen LogP contribution in [0.5, 0.6) is 0 Å². The van der Waals surface area contributed by atoms with E-state index < -0.39 is 0 Å². The molecule has 1 saturated heterocycles. The van der Waals surface area contributed by atoms with Crippen molar-refractivity contribution in [3.8, 4) is 11.5 Å². The van der Waals surface area contributed by atoms with Crippen LogP contribution in [-0.2, 0) is 10.5 Å². The molecule has 3 rings (SSSR count). The van der Waals surface area contributed by atoms with Crippen molar-refractivity contribution < 1.29 is 9.21 Å². The molecule has 5 nitrogen and oxygen atoms in total. The molecule has 1 aliphatic rings. The summed E-state index contributed by atoms with van der Waals surface area (Å²) < 4.78 is 5.54. The highest BCUT2D eigenvalue weighted by atomic mass is 35.5. The molecule has 7 heteroatoms. The molecule has 1 aromatic heterocycles. The monoisotopic (exact) mass is 395 g/mol. The van der Waals surface area contributed by atoms with Crippen molar-refractivity contribution in [1.82, 2.24) is 9.88 Å². The summed E-state index contributed by atoms with van der Waals surface area (Å²) in [6.07, 6.45) is 4.91. The topological polar surface area (TPSA) is 72.4 Å². The van der Waals surface area contributed by atoms with Crippen LogP contribution < -0.4 is 5.73 Å². The number of nitrogens with zero attached hydrogens (tertiary/aromatic N) is 2. The number of carbonyl (C=O) groups is 1. The fourth-order valence-corrected chi connectivity index (χ4v) is 4.01. The van der Waals surface area contributed by atoms with E-state index in [9.17, 15) is 4.79 Å². The Bertz CT molecular complexity index is 693. The van der Waals surface area contributed by atoms with Gasteiger partial charge >= 0.3 is 0 Å². The number of hydrogen-bond acceptors (Lipinski definition) is 5. The summed E-state index contributed by atoms with van der Waals surface area (Å²) >= 11 is 1.58. The van der Waals surface area contributed by atoms with Gasteiger partial charge in [0.25, 0.3) is 0 Å². The molecule has 2 unspecified atom stereocenters. The summed E-state index contributed by atoms with van der Waals surface area (Å²) in [7, 11) is 0. The molecule has 0 radical (unpaired) electrons. The average Bonchev–Trinajstić information content (AvgIpc) is 3.11. The van der Waals surface area contributed by atoms with E-state index in [4.69, 9.17) is 10.2 Å². The van der Waals surface area contributed by atoms with Crippen LogP contribution in [0, 0.1) is 0 Å². The van der Waals surface area contributed by atoms with Crippen molar-refractivity contribution in [3.05, 3.63) is 42.3 Å². The van der Waals surface area contributed by atoms with Crippen LogP contribution in [0.25, 0.3) is 11.5 Å². The van der Waals surface area contributed by atoms with E-state index in [-0.39, 0.29) is 30.4 Å². The van der Waals surface area contributed by atoms with Gasteiger partial charge in [-0.05, 0) is 38.3 Å². The van der Waals surface area contributed by atoms with Crippen molar-refractivity contribution >= 4 is 30.1 Å². The first kappa shape index (κ1) is 20.8. The molecule has 0 aliphatic carbocycles. The second-order valence-corrected chi connectivity index (χ2v) is 7.50. The highest BCUT2D eigenvalue weighted by Gasteiger charge is 2.28. The number of nitrogens with two attached hydrogens (primary N) is 1. The third kappa shape index (κ3) is 5.25. The van der Waals surface area contributed by atoms with E-state index >= 15 is 0 Å². The van der Waals surface area contributed by atoms with Gasteiger partial charge < -0.3 is 15.1 Å². The second kappa shape index (κ2) is 10.00. The molecule has 2 aromatic rings. The largest absolute Gasteiger partial charge is 0.444 e. The Morgan fingerprint density at radius 3 is 2.88 bits per heavy atom. The summed E-state index contributed by atoms with van der Waals surface area (Å²) in [4.78, 5) is 19.0. The lowest BCUT2D eigenvalue weighted by Gasteiger charge is -2.38. The van der Waals surface area contributed by atoms with Gasteiger partial charge in [-0.25, -0.2) is 4.98 Å². The Morgan fingerprint density at radius 2 is 2.15 bits per heavy atom. The van der Waals surface area contributed by atoms with Crippen molar-refractivity contribution in [2.45, 2.75) is 44.0 Å². The molecular formula is C19H26ClN3O2S. The predicted molar refractivity (Wildman–Crippen MR) is 108 cm³/mol. The maximum Gasteiger partial charge on any atom is 0.232 e. The minimum atomic E-state index is 0. The number of hydrogen-bond donors (Lipinski definition) is 1. The molecule has 0 spiro atoms. The normalized spacial score (nSPS) is 18.2. The molecule has 1 aromatic carbocycles. The first-order chi connectivity index (χ1) is 12.1. The third-order valence-electron chi connectivity index (χ3n) is 4.52. The minimum absolute atomic E-state index is 0. The van der Waals surface area contributed by atoms with Gasteiger partial charge in [0.15, 0.2) is 0 Å². The van der Waals surface area contributed by atoms with Crippen LogP contribution in [-0.4, -0.2) is 40.2 Å². The Kier molecular flexibility index (Phi) is 8.00. The number of rotatable bonds is 6. The number of carbonyl (C=O) groups excluding carboxylic acids is 1. The quantitative estimate of drug-likeness (QED) is 0.806. The number of halogens is 1. The number of likely N-dealkylation sites (tertiary alicyclic amines) is 1. The highest BCUT2D eigenvalue weighted by molar-refractivity contribution is 7.99. The fourth-order valence-electron chi connectivity index (χ4n) is 3.23. The first-order valence-corrected chi connectivity index (χ1v) is 9.93. The van der Waals surface area contributed by atoms with Crippen LogP contribution in [0.15, 0.2) is 41.0 Å². The number of piperidine rings is 1. The zero-order valence-corrected chi connectivity index (χ0v) is 16.6. The van der Waals surface area contributed by atoms with E-state index in [1.165, 1.54) is 0 Å². The number of amides is 1. The van der Waals surface area contributed by atoms with Crippen LogP contribution in [0.4, 0.5) is 0 Å². The third-order valence-corrected chi connectivity index (χ3v) is 5.48. The lowest BCUT2D eigenvalue weighted by atomic mass is 9.97. The van der Waals surface area contributed by atoms with Gasteiger partial charge in [-0.3, -0.25) is 4.79 Å². The van der Waals surface area contributed by atoms with Gasteiger partial charge in [-0.15, -0.1) is 24.2 Å². The number of oxazole rings is 1. The van der Waals surface area contributed by atoms with Crippen molar-refractivity contribution in [2.75, 3.05) is 12.3 Å². The van der Waals surface area contributed by atoms with E-state index in [0.29, 0.717) is 17.4 Å². The van der Waals surface area contributed by atoms with E-state index in [2.05, 4.69) is 4.98 Å². The molecule has 2 heterocycles. The molecular weight excluding hydrogens is 370 g/mol. The second-order valence-electron chi connectivity index (χ2n) is 6.51. The van der Waals surface area contributed by atoms with Gasteiger partial charge in [0.2, 0.25) is 11.8 Å². The molecule has 26 heavy (non-hydrogen) atoms. The SMILES string of the molecule is CC(N)C1CCCCN1C(=O)CSCc1coc(-c2ccccc2)n1.Cl. The van der Waals surface area contributed by atoms with Crippen molar-refractivity contribution in [2.24, 2.45) is 5.73 Å². The maximum absolute atomic E-state index is 12.5. The smallest absolute Gasteiger partial charge is 0.232 e. The van der Waals surface area contributed by atoms with Crippen LogP contribution >= 0.6 is 24.2 Å². The Balaban J connectivity index is 0.00000243. The minimum Gasteiger partial charge on any atom is -0.444 e. The standard InChI is InChI=1S/C19H25N3O2S.ClH/c1-14(20)17-9-5-6-10-22(17)18(23)13-25-12-16-11-24-19(21-16)15-7-3-2-4-8-15;/h2-4,7-8,11,14,17H,5-6,9-10,12-13,20H2,1H3;1H. The Hall–Kier alpha value is -1.50. The summed E-state index contributed by atoms with van der Waals surface area (Å²) in [5.74, 6) is 1.92. The molecule has 1 aliphatic heterocycles. The van der Waals surface area contributed by atoms with Gasteiger partial charge in [-0.1, -0.05) is 18.2 Å². The molecule has 1 fully saturated rings. The molecule has 2 atom stereocenters. The predicted octanol–water partition coefficient (Wildman–Crippen LogP) is 3.72. The summed E-state index contributed by atoms with van der Waals surface area (Å²) in [5.41, 5.74) is 7.87. The van der Waals surface area contributed by atoms with Gasteiger partial charge in [0, 0.05) is 29.9 Å².